The number of carbonyl (C=O) groups excluding carboxylic acids is 2. The Kier molecular flexibility index (Phi) is 4.87. The van der Waals surface area contributed by atoms with E-state index in [1.807, 2.05) is 6.07 Å². The number of aliphatic hydroxyl groups excluding tert-OH is 1. The Morgan fingerprint density at radius 1 is 1.28 bits per heavy atom. The highest BCUT2D eigenvalue weighted by Gasteiger charge is 2.44. The van der Waals surface area contributed by atoms with E-state index in [1.54, 1.807) is 19.9 Å². The predicted molar refractivity (Wildman–Crippen MR) is 106 cm³/mol. The Bertz CT molecular complexity index is 1020. The van der Waals surface area contributed by atoms with E-state index in [0.717, 1.165) is 24.5 Å². The molecule has 0 saturated heterocycles. The number of carbonyl (C=O) groups is 2. The second kappa shape index (κ2) is 7.11. The van der Waals surface area contributed by atoms with E-state index < -0.39 is 29.5 Å². The number of aryl methyl sites for hydroxylation is 1. The van der Waals surface area contributed by atoms with Gasteiger partial charge in [-0.05, 0) is 62.6 Å². The summed E-state index contributed by atoms with van der Waals surface area (Å²) in [5.41, 5.74) is 1.28. The highest BCUT2D eigenvalue weighted by molar-refractivity contribution is 6.31. The lowest BCUT2D eigenvalue weighted by molar-refractivity contribution is -0.0628. The van der Waals surface area contributed by atoms with Crippen molar-refractivity contribution in [2.45, 2.75) is 50.9 Å². The summed E-state index contributed by atoms with van der Waals surface area (Å²) in [6.45, 7) is 3.47. The lowest BCUT2D eigenvalue weighted by Crippen LogP contribution is -2.53. The maximum Gasteiger partial charge on any atom is 0.251 e. The molecule has 2 aliphatic rings. The average molecular weight is 418 g/mol. The molecule has 7 heteroatoms. The van der Waals surface area contributed by atoms with E-state index >= 15 is 0 Å². The number of ketones is 1. The Balaban J connectivity index is 1.74. The van der Waals surface area contributed by atoms with Gasteiger partial charge in [-0.2, -0.15) is 0 Å². The third kappa shape index (κ3) is 3.51. The minimum atomic E-state index is -1.06. The van der Waals surface area contributed by atoms with Crippen molar-refractivity contribution >= 4 is 23.3 Å². The summed E-state index contributed by atoms with van der Waals surface area (Å²) in [5.74, 6) is -0.547. The van der Waals surface area contributed by atoms with E-state index in [1.165, 1.54) is 12.1 Å². The highest BCUT2D eigenvalue weighted by Crippen LogP contribution is 2.42. The summed E-state index contributed by atoms with van der Waals surface area (Å²) in [6, 6.07) is 6.43. The first-order valence-electron chi connectivity index (χ1n) is 9.50. The molecule has 0 saturated carbocycles. The second-order valence-electron chi connectivity index (χ2n) is 8.05. The number of hydrogen-bond acceptors (Lipinski definition) is 4. The number of Topliss-reactive ketones (excluding diaryl/α,β-unsaturated/α-hetero) is 1. The van der Waals surface area contributed by atoms with Crippen LogP contribution in [0.5, 0.6) is 5.75 Å². The smallest absolute Gasteiger partial charge is 0.251 e. The standard InChI is InChI=1S/C22H21ClFNO4/c1-22(2)20(27)19(25-21(28)12-6-7-16(24)15(23)8-12)14-10-13-11(9-18(14)29-22)4-3-5-17(13)26/h6-10,19-20,27H,3-5H2,1-2H3,(H,25,28)/t19-,20+/m0/s1. The molecule has 5 nitrogen and oxygen atoms in total. The summed E-state index contributed by atoms with van der Waals surface area (Å²) in [4.78, 5) is 25.1. The van der Waals surface area contributed by atoms with Crippen molar-refractivity contribution in [2.75, 3.05) is 0 Å². The van der Waals surface area contributed by atoms with Crippen molar-refractivity contribution < 1.29 is 23.8 Å². The maximum atomic E-state index is 13.4. The number of benzene rings is 2. The molecule has 1 aliphatic carbocycles. The fourth-order valence-electron chi connectivity index (χ4n) is 3.94. The molecule has 1 aliphatic heterocycles. The number of rotatable bonds is 2. The van der Waals surface area contributed by atoms with Crippen molar-refractivity contribution in [2.24, 2.45) is 0 Å². The monoisotopic (exact) mass is 417 g/mol. The number of amides is 1. The number of hydrogen-bond donors (Lipinski definition) is 2. The van der Waals surface area contributed by atoms with Gasteiger partial charge in [-0.15, -0.1) is 0 Å². The molecule has 0 bridgehead atoms. The molecule has 0 fully saturated rings. The van der Waals surface area contributed by atoms with Crippen LogP contribution in [0.2, 0.25) is 5.02 Å². The first-order valence-corrected chi connectivity index (χ1v) is 9.88. The van der Waals surface area contributed by atoms with E-state index in [4.69, 9.17) is 16.3 Å². The molecule has 0 aromatic heterocycles. The fraction of sp³-hybridized carbons (Fsp3) is 0.364. The minimum absolute atomic E-state index is 0.0452. The zero-order valence-electron chi connectivity index (χ0n) is 16.1. The molecule has 0 radical (unpaired) electrons. The highest BCUT2D eigenvalue weighted by atomic mass is 35.5. The first kappa shape index (κ1) is 19.9. The zero-order valence-corrected chi connectivity index (χ0v) is 16.8. The van der Waals surface area contributed by atoms with Crippen LogP contribution < -0.4 is 10.1 Å². The van der Waals surface area contributed by atoms with Crippen LogP contribution in [0, 0.1) is 5.82 Å². The van der Waals surface area contributed by atoms with Crippen LogP contribution in [0.3, 0.4) is 0 Å². The van der Waals surface area contributed by atoms with Gasteiger partial charge in [0.15, 0.2) is 5.78 Å². The van der Waals surface area contributed by atoms with Gasteiger partial charge in [-0.3, -0.25) is 9.59 Å². The second-order valence-corrected chi connectivity index (χ2v) is 8.46. The Hall–Kier alpha value is -2.44. The van der Waals surface area contributed by atoms with E-state index in [-0.39, 0.29) is 16.4 Å². The predicted octanol–water partition coefficient (Wildman–Crippen LogP) is 4.00. The van der Waals surface area contributed by atoms with Gasteiger partial charge in [0.05, 0.1) is 11.1 Å². The third-order valence-electron chi connectivity index (χ3n) is 5.59. The lowest BCUT2D eigenvalue weighted by Gasteiger charge is -2.42. The largest absolute Gasteiger partial charge is 0.485 e. The molecule has 0 spiro atoms. The Morgan fingerprint density at radius 3 is 2.76 bits per heavy atom. The molecule has 2 aromatic rings. The van der Waals surface area contributed by atoms with Gasteiger partial charge in [0.2, 0.25) is 0 Å². The summed E-state index contributed by atoms with van der Waals surface area (Å²) in [7, 11) is 0. The molecule has 29 heavy (non-hydrogen) atoms. The van der Waals surface area contributed by atoms with Gasteiger partial charge >= 0.3 is 0 Å². The SMILES string of the molecule is CC1(C)Oc2cc3c(cc2[C@H](NC(=O)c2ccc(F)c(Cl)c2)[C@H]1O)C(=O)CCC3. The van der Waals surface area contributed by atoms with Gasteiger partial charge in [0.1, 0.15) is 23.3 Å². The molecule has 152 valence electrons. The van der Waals surface area contributed by atoms with Crippen molar-refractivity contribution in [3.63, 3.8) is 0 Å². The molecular formula is C22H21ClFNO4. The molecule has 2 aromatic carbocycles. The normalized spacial score (nSPS) is 22.3. The summed E-state index contributed by atoms with van der Waals surface area (Å²) in [6.07, 6.45) is 0.992. The van der Waals surface area contributed by atoms with Gasteiger partial charge in [0, 0.05) is 23.1 Å². The van der Waals surface area contributed by atoms with Crippen LogP contribution in [0.25, 0.3) is 0 Å². The van der Waals surface area contributed by atoms with Crippen LogP contribution in [0.4, 0.5) is 4.39 Å². The minimum Gasteiger partial charge on any atom is -0.485 e. The topological polar surface area (TPSA) is 75.6 Å². The lowest BCUT2D eigenvalue weighted by atomic mass is 9.82. The third-order valence-corrected chi connectivity index (χ3v) is 5.88. The summed E-state index contributed by atoms with van der Waals surface area (Å²) < 4.78 is 19.4. The van der Waals surface area contributed by atoms with Crippen LogP contribution in [0.15, 0.2) is 30.3 Å². The van der Waals surface area contributed by atoms with E-state index in [0.29, 0.717) is 23.3 Å². The van der Waals surface area contributed by atoms with Crippen LogP contribution >= 0.6 is 11.6 Å². The van der Waals surface area contributed by atoms with Crippen molar-refractivity contribution in [3.05, 3.63) is 63.4 Å². The number of nitrogens with one attached hydrogen (secondary N) is 1. The van der Waals surface area contributed by atoms with Crippen molar-refractivity contribution in [1.29, 1.82) is 0 Å². The molecule has 2 N–H and O–H groups in total. The molecule has 1 amide bonds. The summed E-state index contributed by atoms with van der Waals surface area (Å²) >= 11 is 5.79. The Labute approximate surface area is 172 Å². The molecule has 2 atom stereocenters. The number of ether oxygens (including phenoxy) is 1. The van der Waals surface area contributed by atoms with Gasteiger partial charge in [0.25, 0.3) is 5.91 Å². The van der Waals surface area contributed by atoms with Crippen LogP contribution in [0.1, 0.15) is 64.6 Å². The fourth-order valence-corrected chi connectivity index (χ4v) is 4.12. The van der Waals surface area contributed by atoms with Crippen LogP contribution in [-0.2, 0) is 6.42 Å². The molecule has 0 unspecified atom stereocenters. The van der Waals surface area contributed by atoms with E-state index in [9.17, 15) is 19.1 Å². The Morgan fingerprint density at radius 2 is 2.03 bits per heavy atom. The number of fused-ring (bicyclic) bond motifs is 2. The number of halogens is 2. The van der Waals surface area contributed by atoms with Gasteiger partial charge in [-0.1, -0.05) is 11.6 Å². The van der Waals surface area contributed by atoms with Crippen molar-refractivity contribution in [3.8, 4) is 5.75 Å². The zero-order chi connectivity index (χ0) is 20.9. The maximum absolute atomic E-state index is 13.4. The molecule has 4 rings (SSSR count). The van der Waals surface area contributed by atoms with Crippen LogP contribution in [-0.4, -0.2) is 28.5 Å². The summed E-state index contributed by atoms with van der Waals surface area (Å²) in [5, 5.41) is 13.5. The van der Waals surface area contributed by atoms with Crippen molar-refractivity contribution in [1.82, 2.24) is 5.32 Å². The quantitative estimate of drug-likeness (QED) is 0.774. The molecule has 1 heterocycles. The first-order chi connectivity index (χ1) is 13.7. The number of aliphatic hydroxyl groups is 1. The average Bonchev–Trinajstić information content (AvgIpc) is 2.66. The van der Waals surface area contributed by atoms with E-state index in [2.05, 4.69) is 5.32 Å². The molecular weight excluding hydrogens is 397 g/mol. The van der Waals surface area contributed by atoms with Gasteiger partial charge in [-0.25, -0.2) is 4.39 Å². The van der Waals surface area contributed by atoms with Gasteiger partial charge < -0.3 is 15.2 Å².